The van der Waals surface area contributed by atoms with E-state index in [1.807, 2.05) is 79.1 Å². The van der Waals surface area contributed by atoms with Gasteiger partial charge >= 0.3 is 0 Å². The van der Waals surface area contributed by atoms with Gasteiger partial charge in [0.15, 0.2) is 17.5 Å². The number of aromatic nitrogens is 4. The molecular weight excluding hydrogens is 685 g/mol. The van der Waals surface area contributed by atoms with E-state index in [0.29, 0.717) is 17.5 Å². The highest BCUT2D eigenvalue weighted by Crippen LogP contribution is 2.62. The first-order chi connectivity index (χ1) is 27.7. The highest BCUT2D eigenvalue weighted by molar-refractivity contribution is 5.92. The zero-order chi connectivity index (χ0) is 37.1. The first-order valence-electron chi connectivity index (χ1n) is 18.8. The first kappa shape index (κ1) is 32.0. The lowest BCUT2D eigenvalue weighted by Gasteiger charge is -2.39. The largest absolute Gasteiger partial charge is 0.457 e. The van der Waals surface area contributed by atoms with E-state index in [0.717, 1.165) is 61.6 Å². The molecule has 11 rings (SSSR count). The van der Waals surface area contributed by atoms with E-state index in [2.05, 4.69) is 120 Å². The van der Waals surface area contributed by atoms with Crippen LogP contribution in [0.5, 0.6) is 11.5 Å². The average Bonchev–Trinajstić information content (AvgIpc) is 3.56. The molecular formula is C51H32N4O. The van der Waals surface area contributed by atoms with E-state index < -0.39 is 5.41 Å². The molecule has 0 saturated heterocycles. The average molecular weight is 717 g/mol. The summed E-state index contributed by atoms with van der Waals surface area (Å²) in [6, 6.07) is 63.6. The minimum absolute atomic E-state index is 0.544. The van der Waals surface area contributed by atoms with Crippen molar-refractivity contribution >= 4 is 0 Å². The summed E-state index contributed by atoms with van der Waals surface area (Å²) in [6.45, 7) is 0. The lowest BCUT2D eigenvalue weighted by Crippen LogP contribution is -2.32. The lowest BCUT2D eigenvalue weighted by molar-refractivity contribution is 0.436. The molecule has 1 aliphatic heterocycles. The van der Waals surface area contributed by atoms with Gasteiger partial charge in [-0.2, -0.15) is 0 Å². The van der Waals surface area contributed by atoms with Gasteiger partial charge in [-0.3, -0.25) is 4.98 Å². The molecule has 3 heterocycles. The van der Waals surface area contributed by atoms with Crippen LogP contribution < -0.4 is 4.74 Å². The Labute approximate surface area is 324 Å². The minimum atomic E-state index is -0.544. The lowest BCUT2D eigenvalue weighted by atomic mass is 9.66. The molecule has 0 fully saturated rings. The van der Waals surface area contributed by atoms with Crippen molar-refractivity contribution in [3.05, 3.63) is 217 Å². The SMILES string of the molecule is c1ccc(-c2nc(-c3ccccc3)nc(-c3ccc(-c4ccc5c(c4)-c4cc(-c6cccnc6)ccc4C54c5ccccc5Oc5ccccc54)cc3)n2)cc1. The zero-order valence-electron chi connectivity index (χ0n) is 30.2. The Morgan fingerprint density at radius 3 is 1.29 bits per heavy atom. The number of nitrogens with zero attached hydrogens (tertiary/aromatic N) is 4. The van der Waals surface area contributed by atoms with Gasteiger partial charge in [0, 0.05) is 45.8 Å². The molecule has 0 unspecified atom stereocenters. The van der Waals surface area contributed by atoms with Gasteiger partial charge in [0.05, 0.1) is 5.41 Å². The van der Waals surface area contributed by atoms with Gasteiger partial charge in [-0.15, -0.1) is 0 Å². The zero-order valence-corrected chi connectivity index (χ0v) is 30.2. The van der Waals surface area contributed by atoms with Gasteiger partial charge in [0.25, 0.3) is 0 Å². The van der Waals surface area contributed by atoms with Crippen molar-refractivity contribution in [3.63, 3.8) is 0 Å². The van der Waals surface area contributed by atoms with E-state index in [4.69, 9.17) is 19.7 Å². The Kier molecular flexibility index (Phi) is 7.32. The van der Waals surface area contributed by atoms with Crippen LogP contribution in [0.3, 0.4) is 0 Å². The van der Waals surface area contributed by atoms with Crippen LogP contribution in [-0.2, 0) is 5.41 Å². The fourth-order valence-electron chi connectivity index (χ4n) is 8.55. The van der Waals surface area contributed by atoms with Crippen LogP contribution in [0.25, 0.3) is 67.5 Å². The molecule has 1 aliphatic carbocycles. The summed E-state index contributed by atoms with van der Waals surface area (Å²) in [4.78, 5) is 19.2. The molecule has 0 bridgehead atoms. The summed E-state index contributed by atoms with van der Waals surface area (Å²) in [7, 11) is 0. The van der Waals surface area contributed by atoms with Crippen LogP contribution in [0, 0.1) is 0 Å². The quantitative estimate of drug-likeness (QED) is 0.177. The van der Waals surface area contributed by atoms with Crippen molar-refractivity contribution in [2.45, 2.75) is 5.41 Å². The molecule has 56 heavy (non-hydrogen) atoms. The summed E-state index contributed by atoms with van der Waals surface area (Å²) in [5.41, 5.74) is 13.9. The summed E-state index contributed by atoms with van der Waals surface area (Å²) in [5.74, 6) is 3.68. The molecule has 9 aromatic rings. The Balaban J connectivity index is 1.06. The van der Waals surface area contributed by atoms with Gasteiger partial charge in [0.1, 0.15) is 11.5 Å². The van der Waals surface area contributed by atoms with Crippen molar-refractivity contribution in [2.24, 2.45) is 0 Å². The highest BCUT2D eigenvalue weighted by Gasteiger charge is 2.51. The molecule has 2 aromatic heterocycles. The normalized spacial score (nSPS) is 12.9. The summed E-state index contributed by atoms with van der Waals surface area (Å²) in [6.07, 6.45) is 3.75. The molecule has 7 aromatic carbocycles. The molecule has 0 N–H and O–H groups in total. The van der Waals surface area contributed by atoms with Crippen molar-refractivity contribution in [1.82, 2.24) is 19.9 Å². The molecule has 2 aliphatic rings. The van der Waals surface area contributed by atoms with Gasteiger partial charge in [0.2, 0.25) is 0 Å². The Hall–Kier alpha value is -7.50. The second-order valence-corrected chi connectivity index (χ2v) is 14.2. The highest BCUT2D eigenvalue weighted by atomic mass is 16.5. The Bertz CT molecular complexity index is 2830. The number of rotatable bonds is 5. The third-order valence-corrected chi connectivity index (χ3v) is 11.1. The summed E-state index contributed by atoms with van der Waals surface area (Å²) < 4.78 is 6.57. The van der Waals surface area contributed by atoms with Crippen LogP contribution in [-0.4, -0.2) is 19.9 Å². The van der Waals surface area contributed by atoms with E-state index >= 15 is 0 Å². The number of fused-ring (bicyclic) bond motifs is 9. The predicted molar refractivity (Wildman–Crippen MR) is 222 cm³/mol. The number of hydrogen-bond donors (Lipinski definition) is 0. The van der Waals surface area contributed by atoms with Crippen LogP contribution in [0.4, 0.5) is 0 Å². The van der Waals surface area contributed by atoms with Gasteiger partial charge in [-0.05, 0) is 69.3 Å². The molecule has 5 nitrogen and oxygen atoms in total. The van der Waals surface area contributed by atoms with E-state index in [1.165, 1.54) is 22.3 Å². The molecule has 1 spiro atoms. The van der Waals surface area contributed by atoms with Crippen LogP contribution in [0.2, 0.25) is 0 Å². The standard InChI is InChI=1S/C51H32N4O/c1-3-12-34(13-4-1)48-53-49(35-14-5-2-6-15-35)55-50(54-48)36-23-21-33(22-24-36)37-25-27-42-40(30-37)41-31-38(39-16-11-29-52-32-39)26-28-43(41)51(42)44-17-7-9-19-46(44)56-47-20-10-8-18-45(47)51/h1-32H. The van der Waals surface area contributed by atoms with Crippen LogP contribution in [0.15, 0.2) is 194 Å². The number of hydrogen-bond acceptors (Lipinski definition) is 5. The maximum absolute atomic E-state index is 6.57. The Morgan fingerprint density at radius 1 is 0.339 bits per heavy atom. The van der Waals surface area contributed by atoms with Crippen molar-refractivity contribution < 1.29 is 4.74 Å². The predicted octanol–water partition coefficient (Wildman–Crippen LogP) is 12.1. The molecule has 5 heteroatoms. The maximum Gasteiger partial charge on any atom is 0.164 e. The smallest absolute Gasteiger partial charge is 0.164 e. The number of benzene rings is 7. The second kappa shape index (κ2) is 12.8. The van der Waals surface area contributed by atoms with Gasteiger partial charge in [-0.25, -0.2) is 15.0 Å². The minimum Gasteiger partial charge on any atom is -0.457 e. The second-order valence-electron chi connectivity index (χ2n) is 14.2. The van der Waals surface area contributed by atoms with Gasteiger partial charge in [-0.1, -0.05) is 152 Å². The third kappa shape index (κ3) is 5.02. The maximum atomic E-state index is 6.57. The van der Waals surface area contributed by atoms with Crippen molar-refractivity contribution in [3.8, 4) is 79.0 Å². The number of pyridine rings is 1. The molecule has 0 amide bonds. The fourth-order valence-corrected chi connectivity index (χ4v) is 8.55. The monoisotopic (exact) mass is 716 g/mol. The fraction of sp³-hybridized carbons (Fsp3) is 0.0196. The van der Waals surface area contributed by atoms with E-state index in [1.54, 1.807) is 0 Å². The molecule has 262 valence electrons. The van der Waals surface area contributed by atoms with Crippen molar-refractivity contribution in [1.29, 1.82) is 0 Å². The summed E-state index contributed by atoms with van der Waals surface area (Å²) in [5, 5.41) is 0. The molecule has 0 atom stereocenters. The van der Waals surface area contributed by atoms with Crippen LogP contribution >= 0.6 is 0 Å². The van der Waals surface area contributed by atoms with Crippen LogP contribution in [0.1, 0.15) is 22.3 Å². The van der Waals surface area contributed by atoms with E-state index in [-0.39, 0.29) is 0 Å². The van der Waals surface area contributed by atoms with Crippen molar-refractivity contribution in [2.75, 3.05) is 0 Å². The molecule has 0 saturated carbocycles. The van der Waals surface area contributed by atoms with E-state index in [9.17, 15) is 0 Å². The van der Waals surface area contributed by atoms with Gasteiger partial charge < -0.3 is 4.74 Å². The first-order valence-corrected chi connectivity index (χ1v) is 18.8. The Morgan fingerprint density at radius 2 is 0.768 bits per heavy atom. The number of ether oxygens (including phenoxy) is 1. The summed E-state index contributed by atoms with van der Waals surface area (Å²) >= 11 is 0. The molecule has 0 radical (unpaired) electrons. The third-order valence-electron chi connectivity index (χ3n) is 11.1. The topological polar surface area (TPSA) is 60.8 Å². The number of para-hydroxylation sites is 2.